The Morgan fingerprint density at radius 3 is 2.41 bits per heavy atom. The SMILES string of the molecule is O=C(NC1CCCCC1)N[C@H]1CCCCC/C=C\[C@@H]2C[C@@]2(C(=O)NS(=O)(=O)C2CC2)NC(=O)[C@@H]2C[C@@H](Oc3nc4ccccc4nc3-c3cccs3)CN2C1=O. The average molecular weight is 804 g/mol. The molecule has 3 saturated carbocycles. The van der Waals surface area contributed by atoms with Crippen molar-refractivity contribution in [2.45, 2.75) is 125 Å². The third kappa shape index (κ3) is 8.41. The van der Waals surface area contributed by atoms with Crippen LogP contribution in [0.3, 0.4) is 0 Å². The number of thiophene rings is 1. The molecule has 1 aromatic carbocycles. The van der Waals surface area contributed by atoms with Crippen LogP contribution >= 0.6 is 11.3 Å². The van der Waals surface area contributed by atoms with Crippen LogP contribution < -0.4 is 25.4 Å². The largest absolute Gasteiger partial charge is 0.471 e. The van der Waals surface area contributed by atoms with E-state index in [-0.39, 0.29) is 31.3 Å². The molecule has 14 nitrogen and oxygen atoms in total. The number of nitrogens with zero attached hydrogens (tertiary/aromatic N) is 3. The molecule has 298 valence electrons. The van der Waals surface area contributed by atoms with Gasteiger partial charge < -0.3 is 25.6 Å². The van der Waals surface area contributed by atoms with Gasteiger partial charge in [-0.05, 0) is 74.9 Å². The highest BCUT2D eigenvalue weighted by molar-refractivity contribution is 7.91. The van der Waals surface area contributed by atoms with E-state index in [0.29, 0.717) is 42.4 Å². The quantitative estimate of drug-likeness (QED) is 0.234. The molecule has 0 bridgehead atoms. The summed E-state index contributed by atoms with van der Waals surface area (Å²) in [5, 5.41) is 10.3. The number of carbonyl (C=O) groups is 4. The molecule has 0 unspecified atom stereocenters. The fraction of sp³-hybridized carbons (Fsp3) is 0.550. The first-order valence-corrected chi connectivity index (χ1v) is 22.4. The van der Waals surface area contributed by atoms with Crippen LogP contribution in [0.5, 0.6) is 5.88 Å². The molecule has 56 heavy (non-hydrogen) atoms. The molecule has 0 radical (unpaired) electrons. The second-order valence-electron chi connectivity index (χ2n) is 15.8. The Labute approximate surface area is 330 Å². The number of nitrogens with one attached hydrogen (secondary N) is 4. The van der Waals surface area contributed by atoms with Gasteiger partial charge in [0.25, 0.3) is 5.91 Å². The summed E-state index contributed by atoms with van der Waals surface area (Å²) in [4.78, 5) is 68.4. The molecule has 3 aliphatic carbocycles. The molecule has 5 amide bonds. The zero-order chi connectivity index (χ0) is 38.9. The van der Waals surface area contributed by atoms with Gasteiger partial charge in [0.2, 0.25) is 27.7 Å². The topological polar surface area (TPSA) is 189 Å². The van der Waals surface area contributed by atoms with E-state index in [0.717, 1.165) is 56.2 Å². The van der Waals surface area contributed by atoms with Crippen LogP contribution in [0.4, 0.5) is 4.79 Å². The van der Waals surface area contributed by atoms with Crippen LogP contribution in [0, 0.1) is 5.92 Å². The number of hydrogen-bond donors (Lipinski definition) is 4. The third-order valence-corrected chi connectivity index (χ3v) is 14.4. The summed E-state index contributed by atoms with van der Waals surface area (Å²) in [6.07, 6.45) is 12.8. The summed E-state index contributed by atoms with van der Waals surface area (Å²) in [6.45, 7) is 0.0102. The second-order valence-corrected chi connectivity index (χ2v) is 18.8. The Morgan fingerprint density at radius 2 is 1.66 bits per heavy atom. The Morgan fingerprint density at radius 1 is 0.911 bits per heavy atom. The summed E-state index contributed by atoms with van der Waals surface area (Å²) in [7, 11) is -3.89. The molecule has 16 heteroatoms. The Hall–Kier alpha value is -4.57. The van der Waals surface area contributed by atoms with Crippen molar-refractivity contribution < 1.29 is 32.3 Å². The number of allylic oxidation sites excluding steroid dienone is 1. The predicted molar refractivity (Wildman–Crippen MR) is 211 cm³/mol. The van der Waals surface area contributed by atoms with Crippen LogP contribution in [-0.2, 0) is 24.4 Å². The maximum absolute atomic E-state index is 14.7. The van der Waals surface area contributed by atoms with Crippen molar-refractivity contribution in [1.29, 1.82) is 0 Å². The smallest absolute Gasteiger partial charge is 0.315 e. The van der Waals surface area contributed by atoms with E-state index in [2.05, 4.69) is 20.7 Å². The van der Waals surface area contributed by atoms with Gasteiger partial charge in [0.1, 0.15) is 29.4 Å². The standard InChI is InChI=1S/C40H49N7O7S2/c48-35-32-22-27(54-36-34(33-18-11-21-55-33)42-29-15-9-10-16-30(29)43-36)24-47(32)37(49)31(44-39(51)41-26-13-6-4-7-14-26)17-8-3-1-2-5-12-25-23-40(25,45-35)38(50)46-56(52,53)28-19-20-28/h5,9-12,15-16,18,21,25-28,31-32H,1-4,6-8,13-14,17,19-20,22-24H2,(H,45,48)(H,46,50)(H2,41,44,51)/b12-5-/t25-,27-,31+,32+,40-/m1/s1. The fourth-order valence-corrected chi connectivity index (χ4v) is 10.3. The molecule has 3 aromatic rings. The molecule has 4 fully saturated rings. The maximum Gasteiger partial charge on any atom is 0.315 e. The second kappa shape index (κ2) is 16.1. The van der Waals surface area contributed by atoms with Gasteiger partial charge in [0.05, 0.1) is 27.7 Å². The molecule has 5 atom stereocenters. The summed E-state index contributed by atoms with van der Waals surface area (Å²) in [5.74, 6) is -1.94. The summed E-state index contributed by atoms with van der Waals surface area (Å²) in [6, 6.07) is 8.92. The Balaban J connectivity index is 1.10. The van der Waals surface area contributed by atoms with Crippen molar-refractivity contribution >= 4 is 56.1 Å². The number of fused-ring (bicyclic) bond motifs is 3. The van der Waals surface area contributed by atoms with E-state index in [1.54, 1.807) is 0 Å². The lowest BCUT2D eigenvalue weighted by Gasteiger charge is -2.30. The average Bonchev–Trinajstić information content (AvgIpc) is 4.05. The van der Waals surface area contributed by atoms with E-state index in [1.165, 1.54) is 16.2 Å². The van der Waals surface area contributed by atoms with Gasteiger partial charge in [0.15, 0.2) is 0 Å². The molecule has 0 spiro atoms. The van der Waals surface area contributed by atoms with Gasteiger partial charge in [-0.1, -0.05) is 62.5 Å². The van der Waals surface area contributed by atoms with E-state index < -0.39 is 68.7 Å². The van der Waals surface area contributed by atoms with Gasteiger partial charge in [-0.15, -0.1) is 11.3 Å². The first-order valence-electron chi connectivity index (χ1n) is 20.0. The number of hydrogen-bond acceptors (Lipinski definition) is 10. The summed E-state index contributed by atoms with van der Waals surface area (Å²) < 4.78 is 34.6. The number of ether oxygens (including phenoxy) is 1. The molecule has 5 aliphatic rings. The summed E-state index contributed by atoms with van der Waals surface area (Å²) >= 11 is 1.49. The van der Waals surface area contributed by atoms with Crippen molar-refractivity contribution in [2.24, 2.45) is 5.92 Å². The molecule has 4 N–H and O–H groups in total. The van der Waals surface area contributed by atoms with Crippen LogP contribution in [0.2, 0.25) is 0 Å². The van der Waals surface area contributed by atoms with Crippen LogP contribution in [-0.4, -0.2) is 88.6 Å². The van der Waals surface area contributed by atoms with Crippen LogP contribution in [0.15, 0.2) is 53.9 Å². The molecule has 2 aromatic heterocycles. The number of urea groups is 1. The fourth-order valence-electron chi connectivity index (χ4n) is 8.28. The molecule has 8 rings (SSSR count). The van der Waals surface area contributed by atoms with E-state index in [9.17, 15) is 27.6 Å². The van der Waals surface area contributed by atoms with Gasteiger partial charge in [-0.25, -0.2) is 23.2 Å². The minimum absolute atomic E-state index is 0.0102. The monoisotopic (exact) mass is 803 g/mol. The maximum atomic E-state index is 14.7. The van der Waals surface area contributed by atoms with Crippen molar-refractivity contribution in [3.8, 4) is 16.5 Å². The molecule has 4 heterocycles. The molecular formula is C40H49N7O7S2. The van der Waals surface area contributed by atoms with Crippen molar-refractivity contribution in [3.05, 3.63) is 53.9 Å². The third-order valence-electron chi connectivity index (χ3n) is 11.7. The highest BCUT2D eigenvalue weighted by Gasteiger charge is 2.62. The lowest BCUT2D eigenvalue weighted by Crippen LogP contribution is -2.59. The van der Waals surface area contributed by atoms with Crippen molar-refractivity contribution in [3.63, 3.8) is 0 Å². The first kappa shape index (κ1) is 38.3. The minimum Gasteiger partial charge on any atom is -0.471 e. The number of benzene rings is 1. The number of sulfonamides is 1. The number of para-hydroxylation sites is 2. The highest BCUT2D eigenvalue weighted by Crippen LogP contribution is 2.46. The van der Waals surface area contributed by atoms with Crippen LogP contribution in [0.1, 0.15) is 89.9 Å². The molecule has 1 saturated heterocycles. The van der Waals surface area contributed by atoms with E-state index in [4.69, 9.17) is 14.7 Å². The van der Waals surface area contributed by atoms with E-state index in [1.807, 2.05) is 53.9 Å². The predicted octanol–water partition coefficient (Wildman–Crippen LogP) is 4.71. The summed E-state index contributed by atoms with van der Waals surface area (Å²) in [5.41, 5.74) is 0.368. The lowest BCUT2D eigenvalue weighted by atomic mass is 9.96. The Bertz CT molecular complexity index is 2100. The molecule has 2 aliphatic heterocycles. The number of rotatable bonds is 8. The molecular weight excluding hydrogens is 755 g/mol. The zero-order valence-electron chi connectivity index (χ0n) is 31.3. The Kier molecular flexibility index (Phi) is 11.0. The number of carbonyl (C=O) groups excluding carboxylic acids is 4. The van der Waals surface area contributed by atoms with Crippen LogP contribution in [0.25, 0.3) is 21.6 Å². The normalized spacial score (nSPS) is 28.2. The lowest BCUT2D eigenvalue weighted by molar-refractivity contribution is -0.141. The number of aromatic nitrogens is 2. The zero-order valence-corrected chi connectivity index (χ0v) is 32.9. The van der Waals surface area contributed by atoms with Gasteiger partial charge in [-0.3, -0.25) is 19.1 Å². The number of amides is 5. The van der Waals surface area contributed by atoms with Gasteiger partial charge in [0, 0.05) is 18.4 Å². The first-order chi connectivity index (χ1) is 27.1. The van der Waals surface area contributed by atoms with Crippen molar-refractivity contribution in [1.82, 2.24) is 35.5 Å². The van der Waals surface area contributed by atoms with Gasteiger partial charge >= 0.3 is 6.03 Å². The minimum atomic E-state index is -3.89. The van der Waals surface area contributed by atoms with Crippen molar-refractivity contribution in [2.75, 3.05) is 6.54 Å². The highest BCUT2D eigenvalue weighted by atomic mass is 32.2. The van der Waals surface area contributed by atoms with Gasteiger partial charge in [-0.2, -0.15) is 0 Å². The van der Waals surface area contributed by atoms with E-state index >= 15 is 0 Å².